The van der Waals surface area contributed by atoms with E-state index in [0.29, 0.717) is 17.5 Å². The van der Waals surface area contributed by atoms with Gasteiger partial charge in [-0.1, -0.05) is 38.3 Å². The Morgan fingerprint density at radius 1 is 0.972 bits per heavy atom. The largest absolute Gasteiger partial charge is 0.507 e. The Bertz CT molecular complexity index is 1060. The van der Waals surface area contributed by atoms with Gasteiger partial charge in [0.1, 0.15) is 11.9 Å². The average molecular weight is 513 g/mol. The number of carbonyl (C=O) groups excluding carboxylic acids is 1. The number of benzene rings is 2. The van der Waals surface area contributed by atoms with Gasteiger partial charge in [0.25, 0.3) is 5.91 Å². The molecular formula is C25H27F4NO6. The lowest BCUT2D eigenvalue weighted by Gasteiger charge is -2.32. The van der Waals surface area contributed by atoms with E-state index in [1.54, 1.807) is 24.3 Å². The summed E-state index contributed by atoms with van der Waals surface area (Å²) in [6.45, 7) is 2.07. The van der Waals surface area contributed by atoms with Crippen LogP contribution in [0.5, 0.6) is 17.2 Å². The summed E-state index contributed by atoms with van der Waals surface area (Å²) in [6.07, 6.45) is -5.97. The van der Waals surface area contributed by atoms with Crippen LogP contribution in [0.1, 0.15) is 67.5 Å². The van der Waals surface area contributed by atoms with Crippen LogP contribution < -0.4 is 19.5 Å². The zero-order valence-corrected chi connectivity index (χ0v) is 19.6. The highest BCUT2D eigenvalue weighted by Crippen LogP contribution is 2.48. The van der Waals surface area contributed by atoms with Crippen LogP contribution in [0.3, 0.4) is 0 Å². The van der Waals surface area contributed by atoms with Crippen LogP contribution in [-0.2, 0) is 4.79 Å². The van der Waals surface area contributed by atoms with E-state index in [1.807, 2.05) is 0 Å². The standard InChI is InChI=1S/C25H27F4NO6/c1-2-3-4-5-6-19(16-7-9-17(10-8-16)23(33)30-14-13-22(31)32)34-18-11-12-20-21(15-18)36-25(28,29)24(26,27)35-20/h7-12,15,19H,2-6,13-14H2,1H3,(H,30,33)(H,31,32). The zero-order valence-electron chi connectivity index (χ0n) is 19.6. The molecule has 196 valence electrons. The maximum atomic E-state index is 13.6. The monoisotopic (exact) mass is 513 g/mol. The van der Waals surface area contributed by atoms with Crippen LogP contribution >= 0.6 is 0 Å². The number of carbonyl (C=O) groups is 2. The molecule has 0 saturated heterocycles. The quantitative estimate of drug-likeness (QED) is 0.270. The van der Waals surface area contributed by atoms with Crippen LogP contribution in [0.4, 0.5) is 17.6 Å². The molecule has 0 radical (unpaired) electrons. The zero-order chi connectivity index (χ0) is 26.3. The molecule has 7 nitrogen and oxygen atoms in total. The smallest absolute Gasteiger partial charge is 0.486 e. The minimum Gasteiger partial charge on any atom is -0.486 e. The van der Waals surface area contributed by atoms with Crippen LogP contribution in [0.2, 0.25) is 0 Å². The van der Waals surface area contributed by atoms with Gasteiger partial charge in [-0.3, -0.25) is 9.59 Å². The Hall–Kier alpha value is -3.50. The summed E-state index contributed by atoms with van der Waals surface area (Å²) in [5, 5.41) is 11.2. The lowest BCUT2D eigenvalue weighted by molar-refractivity contribution is -0.391. The molecule has 1 amide bonds. The Morgan fingerprint density at radius 3 is 2.28 bits per heavy atom. The van der Waals surface area contributed by atoms with E-state index in [9.17, 15) is 27.2 Å². The minimum atomic E-state index is -4.83. The molecule has 0 saturated carbocycles. The summed E-state index contributed by atoms with van der Waals surface area (Å²) in [5.74, 6) is -2.43. The summed E-state index contributed by atoms with van der Waals surface area (Å²) in [7, 11) is 0. The molecule has 1 atom stereocenters. The van der Waals surface area contributed by atoms with Crippen molar-refractivity contribution in [1.82, 2.24) is 5.32 Å². The molecule has 11 heteroatoms. The van der Waals surface area contributed by atoms with Gasteiger partial charge in [0, 0.05) is 18.2 Å². The SMILES string of the molecule is CCCCCCC(Oc1ccc2c(c1)OC(F)(F)C(F)(F)O2)c1ccc(C(=O)NCCC(=O)O)cc1. The fourth-order valence-corrected chi connectivity index (χ4v) is 3.57. The van der Waals surface area contributed by atoms with Crippen molar-refractivity contribution < 1.29 is 46.5 Å². The maximum Gasteiger partial charge on any atom is 0.507 e. The number of alkyl halides is 4. The van der Waals surface area contributed by atoms with Crippen molar-refractivity contribution >= 4 is 11.9 Å². The summed E-state index contributed by atoms with van der Waals surface area (Å²) in [4.78, 5) is 22.8. The molecular weight excluding hydrogens is 486 g/mol. The third-order valence-corrected chi connectivity index (χ3v) is 5.50. The van der Waals surface area contributed by atoms with Crippen molar-refractivity contribution in [3.63, 3.8) is 0 Å². The van der Waals surface area contributed by atoms with E-state index in [2.05, 4.69) is 21.7 Å². The molecule has 0 spiro atoms. The number of halogens is 4. The van der Waals surface area contributed by atoms with Crippen molar-refractivity contribution in [2.24, 2.45) is 0 Å². The predicted octanol–water partition coefficient (Wildman–Crippen LogP) is 5.94. The topological polar surface area (TPSA) is 94.1 Å². The third-order valence-electron chi connectivity index (χ3n) is 5.50. The van der Waals surface area contributed by atoms with Gasteiger partial charge in [-0.15, -0.1) is 0 Å². The lowest BCUT2D eigenvalue weighted by atomic mass is 10.0. The second-order valence-corrected chi connectivity index (χ2v) is 8.32. The number of carboxylic acid groups (broad SMARTS) is 1. The number of hydrogen-bond acceptors (Lipinski definition) is 5. The summed E-state index contributed by atoms with van der Waals surface area (Å²) < 4.78 is 68.3. The molecule has 2 N–H and O–H groups in total. The van der Waals surface area contributed by atoms with Crippen molar-refractivity contribution in [3.05, 3.63) is 53.6 Å². The van der Waals surface area contributed by atoms with Gasteiger partial charge in [0.15, 0.2) is 11.5 Å². The van der Waals surface area contributed by atoms with Gasteiger partial charge in [-0.2, -0.15) is 17.6 Å². The van der Waals surface area contributed by atoms with Gasteiger partial charge in [0.05, 0.1) is 6.42 Å². The first-order chi connectivity index (χ1) is 17.0. The Morgan fingerprint density at radius 2 is 1.64 bits per heavy atom. The van der Waals surface area contributed by atoms with Crippen LogP contribution in [-0.4, -0.2) is 35.7 Å². The molecule has 1 aliphatic heterocycles. The number of nitrogens with one attached hydrogen (secondary N) is 1. The molecule has 0 aromatic heterocycles. The number of ether oxygens (including phenoxy) is 3. The third kappa shape index (κ3) is 6.79. The first-order valence-corrected chi connectivity index (χ1v) is 11.6. The molecule has 3 rings (SSSR count). The molecule has 2 aromatic carbocycles. The Kier molecular flexibility index (Phi) is 8.65. The Labute approximate surface area is 205 Å². The minimum absolute atomic E-state index is 0.00578. The van der Waals surface area contributed by atoms with Crippen LogP contribution in [0, 0.1) is 0 Å². The first-order valence-electron chi connectivity index (χ1n) is 11.6. The van der Waals surface area contributed by atoms with Crippen molar-refractivity contribution in [1.29, 1.82) is 0 Å². The van der Waals surface area contributed by atoms with Gasteiger partial charge in [-0.05, 0) is 42.7 Å². The van der Waals surface area contributed by atoms with Gasteiger partial charge >= 0.3 is 18.2 Å². The number of carboxylic acids is 1. The number of hydrogen-bond donors (Lipinski definition) is 2. The highest BCUT2D eigenvalue weighted by atomic mass is 19.3. The molecule has 1 unspecified atom stereocenters. The van der Waals surface area contributed by atoms with Gasteiger partial charge < -0.3 is 24.6 Å². The van der Waals surface area contributed by atoms with E-state index >= 15 is 0 Å². The van der Waals surface area contributed by atoms with E-state index in [-0.39, 0.29) is 18.7 Å². The molecule has 2 aromatic rings. The average Bonchev–Trinajstić information content (AvgIpc) is 2.81. The molecule has 1 aliphatic rings. The number of fused-ring (bicyclic) bond motifs is 1. The second-order valence-electron chi connectivity index (χ2n) is 8.32. The van der Waals surface area contributed by atoms with E-state index < -0.39 is 41.7 Å². The Balaban J connectivity index is 1.75. The van der Waals surface area contributed by atoms with E-state index in [4.69, 9.17) is 9.84 Å². The fraction of sp³-hybridized carbons (Fsp3) is 0.440. The normalized spacial score (nSPS) is 16.1. The molecule has 36 heavy (non-hydrogen) atoms. The first kappa shape index (κ1) is 27.1. The number of aliphatic carboxylic acids is 1. The fourth-order valence-electron chi connectivity index (χ4n) is 3.57. The van der Waals surface area contributed by atoms with Crippen molar-refractivity contribution in [2.45, 2.75) is 63.8 Å². The lowest BCUT2D eigenvalue weighted by Crippen LogP contribution is -2.52. The van der Waals surface area contributed by atoms with Crippen LogP contribution in [0.15, 0.2) is 42.5 Å². The van der Waals surface area contributed by atoms with E-state index in [1.165, 1.54) is 6.07 Å². The summed E-state index contributed by atoms with van der Waals surface area (Å²) >= 11 is 0. The highest BCUT2D eigenvalue weighted by Gasteiger charge is 2.66. The summed E-state index contributed by atoms with van der Waals surface area (Å²) in [6, 6.07) is 9.98. The number of amides is 1. The number of unbranched alkanes of at least 4 members (excludes halogenated alkanes) is 3. The van der Waals surface area contributed by atoms with Gasteiger partial charge in [-0.25, -0.2) is 0 Å². The van der Waals surface area contributed by atoms with E-state index in [0.717, 1.165) is 37.8 Å². The summed E-state index contributed by atoms with van der Waals surface area (Å²) in [5.41, 5.74) is 1.04. The molecule has 1 heterocycles. The van der Waals surface area contributed by atoms with Crippen LogP contribution in [0.25, 0.3) is 0 Å². The molecule has 0 bridgehead atoms. The maximum absolute atomic E-state index is 13.6. The van der Waals surface area contributed by atoms with Crippen molar-refractivity contribution in [2.75, 3.05) is 6.54 Å². The van der Waals surface area contributed by atoms with Crippen molar-refractivity contribution in [3.8, 4) is 17.2 Å². The van der Waals surface area contributed by atoms with Gasteiger partial charge in [0.2, 0.25) is 0 Å². The highest BCUT2D eigenvalue weighted by molar-refractivity contribution is 5.94. The second kappa shape index (κ2) is 11.5. The molecule has 0 fully saturated rings. The number of rotatable bonds is 12. The predicted molar refractivity (Wildman–Crippen MR) is 121 cm³/mol. The molecule has 0 aliphatic carbocycles.